The maximum Gasteiger partial charge on any atom is 0.244 e. The molecule has 0 unspecified atom stereocenters. The number of halogens is 1. The summed E-state index contributed by atoms with van der Waals surface area (Å²) >= 11 is 3.35. The summed E-state index contributed by atoms with van der Waals surface area (Å²) in [5.41, 5.74) is 0.626. The fourth-order valence-electron chi connectivity index (χ4n) is 3.08. The third-order valence-corrected chi connectivity index (χ3v) is 7.24. The number of sulfonamides is 1. The summed E-state index contributed by atoms with van der Waals surface area (Å²) < 4.78 is 27.3. The molecule has 0 radical (unpaired) electrons. The maximum atomic E-state index is 12.6. The second-order valence-corrected chi connectivity index (χ2v) is 9.41. The van der Waals surface area contributed by atoms with Gasteiger partial charge in [0.1, 0.15) is 4.90 Å². The van der Waals surface area contributed by atoms with E-state index < -0.39 is 10.0 Å². The van der Waals surface area contributed by atoms with Crippen molar-refractivity contribution in [3.63, 3.8) is 0 Å². The number of aromatic nitrogens is 1. The molecule has 29 heavy (non-hydrogen) atoms. The predicted molar refractivity (Wildman–Crippen MR) is 112 cm³/mol. The highest BCUT2D eigenvalue weighted by atomic mass is 79.9. The monoisotopic (exact) mass is 480 g/mol. The highest BCUT2D eigenvalue weighted by Gasteiger charge is 2.32. The van der Waals surface area contributed by atoms with Gasteiger partial charge in [-0.05, 0) is 53.0 Å². The number of rotatable bonds is 6. The van der Waals surface area contributed by atoms with E-state index in [0.29, 0.717) is 18.5 Å². The van der Waals surface area contributed by atoms with Gasteiger partial charge >= 0.3 is 0 Å². The Balaban J connectivity index is 1.48. The average molecular weight is 481 g/mol. The molecular formula is C19H21BrN4O4S. The molecule has 1 aliphatic rings. The molecule has 10 heteroatoms. The van der Waals surface area contributed by atoms with Crippen molar-refractivity contribution in [1.29, 1.82) is 0 Å². The number of nitrogens with one attached hydrogen (secondary N) is 2. The Morgan fingerprint density at radius 1 is 1.14 bits per heavy atom. The number of hydrogen-bond acceptors (Lipinski definition) is 5. The predicted octanol–water partition coefficient (Wildman–Crippen LogP) is 2.00. The number of benzene rings is 1. The van der Waals surface area contributed by atoms with Crippen LogP contribution in [0.15, 0.2) is 58.2 Å². The number of piperidine rings is 1. The molecule has 0 spiro atoms. The second-order valence-electron chi connectivity index (χ2n) is 6.61. The van der Waals surface area contributed by atoms with Crippen molar-refractivity contribution in [3.05, 3.63) is 53.3 Å². The Morgan fingerprint density at radius 3 is 2.52 bits per heavy atom. The van der Waals surface area contributed by atoms with Crippen LogP contribution in [0.1, 0.15) is 12.8 Å². The second kappa shape index (κ2) is 9.47. The molecule has 0 bridgehead atoms. The first-order valence-corrected chi connectivity index (χ1v) is 11.3. The van der Waals surface area contributed by atoms with Crippen LogP contribution in [-0.2, 0) is 19.6 Å². The van der Waals surface area contributed by atoms with Gasteiger partial charge in [0.2, 0.25) is 21.8 Å². The van der Waals surface area contributed by atoms with E-state index in [1.807, 2.05) is 12.1 Å². The zero-order valence-corrected chi connectivity index (χ0v) is 17.9. The van der Waals surface area contributed by atoms with Gasteiger partial charge < -0.3 is 10.6 Å². The van der Waals surface area contributed by atoms with Crippen molar-refractivity contribution in [2.24, 2.45) is 5.92 Å². The van der Waals surface area contributed by atoms with Crippen LogP contribution in [0.25, 0.3) is 0 Å². The van der Waals surface area contributed by atoms with Gasteiger partial charge in [-0.2, -0.15) is 4.31 Å². The van der Waals surface area contributed by atoms with Crippen molar-refractivity contribution in [2.75, 3.05) is 25.0 Å². The summed E-state index contributed by atoms with van der Waals surface area (Å²) in [7, 11) is -3.60. The van der Waals surface area contributed by atoms with Gasteiger partial charge in [0, 0.05) is 35.9 Å². The van der Waals surface area contributed by atoms with Crippen molar-refractivity contribution >= 4 is 43.5 Å². The Labute approximate surface area is 177 Å². The lowest BCUT2D eigenvalue weighted by atomic mass is 9.97. The smallest absolute Gasteiger partial charge is 0.244 e. The fraction of sp³-hybridized carbons (Fsp3) is 0.316. The van der Waals surface area contributed by atoms with Crippen LogP contribution in [-0.4, -0.2) is 49.2 Å². The maximum absolute atomic E-state index is 12.6. The first-order valence-electron chi connectivity index (χ1n) is 9.10. The first kappa shape index (κ1) is 21.4. The Bertz CT molecular complexity index is 977. The van der Waals surface area contributed by atoms with Crippen LogP contribution in [0, 0.1) is 5.92 Å². The minimum Gasteiger partial charge on any atom is -0.347 e. The summed E-state index contributed by atoms with van der Waals surface area (Å²) in [6.45, 7) is 0.352. The van der Waals surface area contributed by atoms with Crippen LogP contribution in [0.4, 0.5) is 5.69 Å². The molecule has 2 aromatic rings. The molecule has 8 nitrogen and oxygen atoms in total. The van der Waals surface area contributed by atoms with Crippen molar-refractivity contribution in [2.45, 2.75) is 17.7 Å². The number of nitrogens with zero attached hydrogens (tertiary/aromatic N) is 2. The Morgan fingerprint density at radius 2 is 1.86 bits per heavy atom. The van der Waals surface area contributed by atoms with E-state index in [2.05, 4.69) is 31.5 Å². The molecule has 1 aromatic carbocycles. The van der Waals surface area contributed by atoms with E-state index in [-0.39, 0.29) is 42.3 Å². The molecule has 1 fully saturated rings. The number of pyridine rings is 1. The van der Waals surface area contributed by atoms with Crippen molar-refractivity contribution in [3.8, 4) is 0 Å². The third kappa shape index (κ3) is 5.40. The minimum atomic E-state index is -3.60. The van der Waals surface area contributed by atoms with Crippen molar-refractivity contribution in [1.82, 2.24) is 14.6 Å². The SMILES string of the molecule is O=C(CNC(=O)C1CCN(S(=O)(=O)c2cccnc2)CC1)Nc1ccccc1Br. The van der Waals surface area contributed by atoms with Gasteiger partial charge in [0.15, 0.2) is 0 Å². The number of carbonyl (C=O) groups excluding carboxylic acids is 2. The lowest BCUT2D eigenvalue weighted by molar-refractivity contribution is -0.128. The summed E-state index contributed by atoms with van der Waals surface area (Å²) in [4.78, 5) is 28.4. The lowest BCUT2D eigenvalue weighted by Crippen LogP contribution is -2.44. The Kier molecular flexibility index (Phi) is 6.99. The summed E-state index contributed by atoms with van der Waals surface area (Å²) in [5.74, 6) is -0.904. The van der Waals surface area contributed by atoms with Gasteiger partial charge in [-0.25, -0.2) is 8.42 Å². The zero-order valence-electron chi connectivity index (χ0n) is 15.5. The van der Waals surface area contributed by atoms with Crippen LogP contribution in [0.3, 0.4) is 0 Å². The summed E-state index contributed by atoms with van der Waals surface area (Å²) in [5, 5.41) is 5.35. The molecule has 2 heterocycles. The molecule has 3 rings (SSSR count). The molecule has 0 atom stereocenters. The summed E-state index contributed by atoms with van der Waals surface area (Å²) in [6, 6.07) is 10.3. The number of amides is 2. The lowest BCUT2D eigenvalue weighted by Gasteiger charge is -2.30. The fourth-order valence-corrected chi connectivity index (χ4v) is 4.89. The molecular weight excluding hydrogens is 460 g/mol. The van der Waals surface area contributed by atoms with Crippen LogP contribution in [0.2, 0.25) is 0 Å². The highest BCUT2D eigenvalue weighted by Crippen LogP contribution is 2.24. The van der Waals surface area contributed by atoms with Gasteiger partial charge in [0.25, 0.3) is 0 Å². The standard InChI is InChI=1S/C19H21BrN4O4S/c20-16-5-1-2-6-17(16)23-18(25)13-22-19(26)14-7-10-24(11-8-14)29(27,28)15-4-3-9-21-12-15/h1-6,9,12,14H,7-8,10-11,13H2,(H,22,26)(H,23,25). The van der Waals surface area contributed by atoms with Crippen molar-refractivity contribution < 1.29 is 18.0 Å². The molecule has 2 N–H and O–H groups in total. The number of carbonyl (C=O) groups is 2. The highest BCUT2D eigenvalue weighted by molar-refractivity contribution is 9.10. The van der Waals surface area contributed by atoms with E-state index in [9.17, 15) is 18.0 Å². The third-order valence-electron chi connectivity index (χ3n) is 4.67. The van der Waals surface area contributed by atoms with E-state index in [4.69, 9.17) is 0 Å². The van der Waals surface area contributed by atoms with Gasteiger partial charge in [-0.1, -0.05) is 12.1 Å². The quantitative estimate of drug-likeness (QED) is 0.656. The normalized spacial score (nSPS) is 15.6. The topological polar surface area (TPSA) is 108 Å². The minimum absolute atomic E-state index is 0.144. The van der Waals surface area contributed by atoms with Crippen LogP contribution in [0.5, 0.6) is 0 Å². The first-order chi connectivity index (χ1) is 13.9. The molecule has 0 saturated carbocycles. The molecule has 1 aliphatic heterocycles. The van der Waals surface area contributed by atoms with Gasteiger partial charge in [-0.15, -0.1) is 0 Å². The van der Waals surface area contributed by atoms with E-state index in [0.717, 1.165) is 4.47 Å². The average Bonchev–Trinajstić information content (AvgIpc) is 2.74. The largest absolute Gasteiger partial charge is 0.347 e. The number of hydrogen-bond donors (Lipinski definition) is 2. The zero-order chi connectivity index (χ0) is 20.9. The van der Waals surface area contributed by atoms with E-state index in [1.54, 1.807) is 18.2 Å². The molecule has 2 amide bonds. The van der Waals surface area contributed by atoms with Gasteiger partial charge in [-0.3, -0.25) is 14.6 Å². The number of anilines is 1. The number of para-hydroxylation sites is 1. The Hall–Kier alpha value is -2.30. The van der Waals surface area contributed by atoms with Gasteiger partial charge in [0.05, 0.1) is 12.2 Å². The van der Waals surface area contributed by atoms with E-state index >= 15 is 0 Å². The molecule has 1 aromatic heterocycles. The molecule has 154 valence electrons. The molecule has 0 aliphatic carbocycles. The molecule has 1 saturated heterocycles. The van der Waals surface area contributed by atoms with Crippen LogP contribution >= 0.6 is 15.9 Å². The van der Waals surface area contributed by atoms with E-state index in [1.165, 1.54) is 22.8 Å². The van der Waals surface area contributed by atoms with Crippen LogP contribution < -0.4 is 10.6 Å². The summed E-state index contributed by atoms with van der Waals surface area (Å²) in [6.07, 6.45) is 3.63.